The lowest BCUT2D eigenvalue weighted by molar-refractivity contribution is 0.425. The van der Waals surface area contributed by atoms with Crippen molar-refractivity contribution in [1.29, 1.82) is 0 Å². The van der Waals surface area contributed by atoms with Gasteiger partial charge in [0.1, 0.15) is 0 Å². The quantitative estimate of drug-likeness (QED) is 0.641. The second-order valence-electron chi connectivity index (χ2n) is 5.86. The summed E-state index contributed by atoms with van der Waals surface area (Å²) in [6, 6.07) is 10.6. The van der Waals surface area contributed by atoms with Crippen LogP contribution in [0.15, 0.2) is 36.5 Å². The van der Waals surface area contributed by atoms with Gasteiger partial charge in [0.25, 0.3) is 0 Å². The maximum atomic E-state index is 5.79. The third-order valence-corrected chi connectivity index (χ3v) is 4.19. The van der Waals surface area contributed by atoms with Crippen LogP contribution in [0.2, 0.25) is 0 Å². The normalized spacial score (nSPS) is 22.9. The van der Waals surface area contributed by atoms with Crippen LogP contribution in [0.4, 0.5) is 0 Å². The highest BCUT2D eigenvalue weighted by Gasteiger charge is 2.50. The summed E-state index contributed by atoms with van der Waals surface area (Å²) in [5, 5.41) is 1.20. The number of fused-ring (bicyclic) bond motifs is 1. The minimum Gasteiger partial charge on any atom is -0.271 e. The molecule has 2 unspecified atom stereocenters. The van der Waals surface area contributed by atoms with Crippen molar-refractivity contribution in [3.8, 4) is 0 Å². The maximum Gasteiger partial charge on any atom is 0.0705 e. The van der Waals surface area contributed by atoms with Crippen LogP contribution in [0.5, 0.6) is 0 Å². The van der Waals surface area contributed by atoms with E-state index in [9.17, 15) is 0 Å². The van der Waals surface area contributed by atoms with Gasteiger partial charge in [-0.1, -0.05) is 32.0 Å². The van der Waals surface area contributed by atoms with Crippen LogP contribution in [0, 0.1) is 11.3 Å². The number of hydrogen-bond acceptors (Lipinski definition) is 3. The average Bonchev–Trinajstić information content (AvgIpc) is 2.99. The monoisotopic (exact) mass is 241 g/mol. The number of rotatable bonds is 3. The predicted octanol–water partition coefficient (Wildman–Crippen LogP) is 2.79. The van der Waals surface area contributed by atoms with E-state index in [1.54, 1.807) is 0 Å². The minimum atomic E-state index is 0.216. The van der Waals surface area contributed by atoms with Gasteiger partial charge in [0.15, 0.2) is 0 Å². The summed E-state index contributed by atoms with van der Waals surface area (Å²) in [4.78, 5) is 4.41. The molecule has 1 aliphatic carbocycles. The fourth-order valence-electron chi connectivity index (χ4n) is 2.90. The van der Waals surface area contributed by atoms with Crippen LogP contribution in [-0.2, 0) is 0 Å². The summed E-state index contributed by atoms with van der Waals surface area (Å²) in [6.07, 6.45) is 3.05. The number of nitrogens with zero attached hydrogens (tertiary/aromatic N) is 1. The Bertz CT molecular complexity index is 571. The van der Waals surface area contributed by atoms with Gasteiger partial charge >= 0.3 is 0 Å². The Hall–Kier alpha value is -1.45. The molecule has 2 atom stereocenters. The molecule has 94 valence electrons. The highest BCUT2D eigenvalue weighted by molar-refractivity contribution is 5.82. The van der Waals surface area contributed by atoms with Crippen molar-refractivity contribution in [3.63, 3.8) is 0 Å². The standard InChI is InChI=1S/C15H19N3/c1-15(2)9-12(15)14(18-16)11-5-3-7-13-10(11)6-4-8-17-13/h3-8,12,14,18H,9,16H2,1-2H3. The smallest absolute Gasteiger partial charge is 0.0705 e. The topological polar surface area (TPSA) is 50.9 Å². The zero-order chi connectivity index (χ0) is 12.8. The van der Waals surface area contributed by atoms with E-state index >= 15 is 0 Å². The van der Waals surface area contributed by atoms with Crippen LogP contribution in [0.25, 0.3) is 10.9 Å². The van der Waals surface area contributed by atoms with Crippen molar-refractivity contribution < 1.29 is 0 Å². The molecule has 18 heavy (non-hydrogen) atoms. The Labute approximate surface area is 107 Å². The minimum absolute atomic E-state index is 0.216. The van der Waals surface area contributed by atoms with E-state index in [0.29, 0.717) is 11.3 Å². The van der Waals surface area contributed by atoms with Gasteiger partial charge in [-0.25, -0.2) is 0 Å². The largest absolute Gasteiger partial charge is 0.271 e. The van der Waals surface area contributed by atoms with Gasteiger partial charge in [-0.3, -0.25) is 16.3 Å². The van der Waals surface area contributed by atoms with Crippen LogP contribution in [-0.4, -0.2) is 4.98 Å². The molecular formula is C15H19N3. The SMILES string of the molecule is CC1(C)CC1C(NN)c1cccc2ncccc12. The second kappa shape index (κ2) is 4.04. The first-order valence-electron chi connectivity index (χ1n) is 6.43. The third-order valence-electron chi connectivity index (χ3n) is 4.19. The summed E-state index contributed by atoms with van der Waals surface area (Å²) < 4.78 is 0. The van der Waals surface area contributed by atoms with Gasteiger partial charge in [0.05, 0.1) is 5.52 Å². The average molecular weight is 241 g/mol. The van der Waals surface area contributed by atoms with Crippen molar-refractivity contribution in [2.45, 2.75) is 26.3 Å². The number of nitrogens with two attached hydrogens (primary N) is 1. The zero-order valence-corrected chi connectivity index (χ0v) is 10.9. The van der Waals surface area contributed by atoms with Crippen LogP contribution in [0.3, 0.4) is 0 Å². The molecule has 0 aliphatic heterocycles. The van der Waals surface area contributed by atoms with Crippen molar-refractivity contribution in [2.24, 2.45) is 17.2 Å². The summed E-state index contributed by atoms with van der Waals surface area (Å²) in [7, 11) is 0. The Morgan fingerprint density at radius 3 is 2.78 bits per heavy atom. The van der Waals surface area contributed by atoms with Crippen molar-refractivity contribution in [2.75, 3.05) is 0 Å². The van der Waals surface area contributed by atoms with Gasteiger partial charge in [0, 0.05) is 17.6 Å². The Balaban J connectivity index is 2.08. The first-order chi connectivity index (χ1) is 8.63. The number of hydrogen-bond donors (Lipinski definition) is 2. The number of hydrazine groups is 1. The third kappa shape index (κ3) is 1.80. The van der Waals surface area contributed by atoms with E-state index in [-0.39, 0.29) is 6.04 Å². The van der Waals surface area contributed by atoms with Gasteiger partial charge in [0.2, 0.25) is 0 Å². The van der Waals surface area contributed by atoms with Gasteiger partial charge in [-0.15, -0.1) is 0 Å². The molecule has 3 rings (SSSR count). The highest BCUT2D eigenvalue weighted by atomic mass is 15.2. The van der Waals surface area contributed by atoms with Crippen LogP contribution >= 0.6 is 0 Å². The van der Waals surface area contributed by atoms with E-state index in [2.05, 4.69) is 42.5 Å². The molecule has 1 aromatic carbocycles. The van der Waals surface area contributed by atoms with Crippen LogP contribution in [0.1, 0.15) is 31.9 Å². The molecule has 1 fully saturated rings. The molecule has 3 heteroatoms. The van der Waals surface area contributed by atoms with Gasteiger partial charge in [-0.05, 0) is 35.4 Å². The fraction of sp³-hybridized carbons (Fsp3) is 0.400. The Morgan fingerprint density at radius 1 is 1.33 bits per heavy atom. The Kier molecular flexibility index (Phi) is 2.61. The Morgan fingerprint density at radius 2 is 2.11 bits per heavy atom. The molecule has 1 aliphatic rings. The first-order valence-corrected chi connectivity index (χ1v) is 6.43. The van der Waals surface area contributed by atoms with Gasteiger partial charge in [-0.2, -0.15) is 0 Å². The second-order valence-corrected chi connectivity index (χ2v) is 5.86. The molecule has 1 heterocycles. The molecule has 0 amide bonds. The number of aromatic nitrogens is 1. The van der Waals surface area contributed by atoms with Crippen LogP contribution < -0.4 is 11.3 Å². The summed E-state index contributed by atoms with van der Waals surface area (Å²) in [5.74, 6) is 6.39. The van der Waals surface area contributed by atoms with Crippen molar-refractivity contribution in [3.05, 3.63) is 42.1 Å². The molecule has 0 spiro atoms. The zero-order valence-electron chi connectivity index (χ0n) is 10.9. The lowest BCUT2D eigenvalue weighted by atomic mass is 9.94. The molecule has 2 aromatic rings. The molecule has 0 radical (unpaired) electrons. The van der Waals surface area contributed by atoms with Gasteiger partial charge < -0.3 is 0 Å². The molecule has 1 aromatic heterocycles. The highest BCUT2D eigenvalue weighted by Crippen LogP contribution is 2.57. The molecule has 0 bridgehead atoms. The lowest BCUT2D eigenvalue weighted by Gasteiger charge is -2.19. The first kappa shape index (κ1) is 11.6. The van der Waals surface area contributed by atoms with E-state index in [1.807, 2.05) is 18.3 Å². The number of benzene rings is 1. The maximum absolute atomic E-state index is 5.79. The van der Waals surface area contributed by atoms with Crippen molar-refractivity contribution in [1.82, 2.24) is 10.4 Å². The van der Waals surface area contributed by atoms with Crippen molar-refractivity contribution >= 4 is 10.9 Å². The number of nitrogens with one attached hydrogen (secondary N) is 1. The van der Waals surface area contributed by atoms with E-state index in [1.165, 1.54) is 17.4 Å². The molecule has 0 saturated heterocycles. The van der Waals surface area contributed by atoms with E-state index in [4.69, 9.17) is 5.84 Å². The fourth-order valence-corrected chi connectivity index (χ4v) is 2.90. The summed E-state index contributed by atoms with van der Waals surface area (Å²) in [5.41, 5.74) is 5.69. The predicted molar refractivity (Wildman–Crippen MR) is 73.7 cm³/mol. The molecule has 3 N–H and O–H groups in total. The molecule has 1 saturated carbocycles. The number of pyridine rings is 1. The summed E-state index contributed by atoms with van der Waals surface area (Å²) in [6.45, 7) is 4.59. The molecule has 3 nitrogen and oxygen atoms in total. The summed E-state index contributed by atoms with van der Waals surface area (Å²) >= 11 is 0. The lowest BCUT2D eigenvalue weighted by Crippen LogP contribution is -2.30. The molecular weight excluding hydrogens is 222 g/mol. The van der Waals surface area contributed by atoms with E-state index < -0.39 is 0 Å². The van der Waals surface area contributed by atoms with E-state index in [0.717, 1.165) is 5.52 Å².